The largest absolute Gasteiger partial charge is 0.494 e. The number of sulfonamides is 1. The van der Waals surface area contributed by atoms with E-state index in [0.717, 1.165) is 71.1 Å². The molecule has 0 N–H and O–H groups in total. The molecule has 2 atom stereocenters. The molecule has 8 rings (SSSR count). The van der Waals surface area contributed by atoms with Crippen molar-refractivity contribution in [2.24, 2.45) is 4.40 Å². The summed E-state index contributed by atoms with van der Waals surface area (Å²) in [4.78, 5) is 2.85. The highest BCUT2D eigenvalue weighted by Gasteiger charge is 2.54. The van der Waals surface area contributed by atoms with Crippen molar-refractivity contribution in [1.29, 1.82) is 0 Å². The minimum absolute atomic E-state index is 0.175. The molecule has 4 heterocycles. The Morgan fingerprint density at radius 3 is 2.32 bits per heavy atom. The zero-order valence-corrected chi connectivity index (χ0v) is 27.0. The van der Waals surface area contributed by atoms with Gasteiger partial charge in [0.1, 0.15) is 16.3 Å². The first-order chi connectivity index (χ1) is 21.0. The lowest BCUT2D eigenvalue weighted by molar-refractivity contribution is 0.390. The first kappa shape index (κ1) is 28.0. The van der Waals surface area contributed by atoms with Gasteiger partial charge in [0, 0.05) is 29.7 Å². The lowest BCUT2D eigenvalue weighted by atomic mass is 9.71. The number of thioether (sulfide) groups is 1. The quantitative estimate of drug-likeness (QED) is 0.259. The average Bonchev–Trinajstić information content (AvgIpc) is 3.57. The topological polar surface area (TPSA) is 98.0 Å². The molecular weight excluding hydrogens is 615 g/mol. The van der Waals surface area contributed by atoms with Gasteiger partial charge in [-0.2, -0.15) is 12.8 Å². The van der Waals surface area contributed by atoms with Crippen molar-refractivity contribution in [3.05, 3.63) is 94.7 Å². The van der Waals surface area contributed by atoms with Gasteiger partial charge in [0.05, 0.1) is 27.3 Å². The van der Waals surface area contributed by atoms with E-state index >= 15 is 0 Å². The summed E-state index contributed by atoms with van der Waals surface area (Å²) in [5.74, 6) is 0.485. The normalized spacial score (nSPS) is 23.2. The van der Waals surface area contributed by atoms with Gasteiger partial charge in [0.2, 0.25) is 0 Å². The van der Waals surface area contributed by atoms with Crippen LogP contribution >= 0.6 is 11.8 Å². The molecule has 3 aliphatic heterocycles. The van der Waals surface area contributed by atoms with Gasteiger partial charge >= 0.3 is 0 Å². The Kier molecular flexibility index (Phi) is 6.03. The molecule has 0 unspecified atom stereocenters. The highest BCUT2D eigenvalue weighted by molar-refractivity contribution is 8.16. The molecule has 44 heavy (non-hydrogen) atoms. The van der Waals surface area contributed by atoms with Crippen LogP contribution in [0.2, 0.25) is 0 Å². The Morgan fingerprint density at radius 1 is 0.955 bits per heavy atom. The molecule has 3 aromatic carbocycles. The molecule has 0 radical (unpaired) electrons. The van der Waals surface area contributed by atoms with Crippen molar-refractivity contribution in [3.8, 4) is 5.75 Å². The zero-order chi connectivity index (χ0) is 30.6. The van der Waals surface area contributed by atoms with Crippen LogP contribution in [-0.2, 0) is 31.2 Å². The maximum atomic E-state index is 14.0. The van der Waals surface area contributed by atoms with E-state index in [2.05, 4.69) is 9.30 Å². The Balaban J connectivity index is 1.31. The van der Waals surface area contributed by atoms with Crippen molar-refractivity contribution < 1.29 is 21.6 Å². The monoisotopic (exact) mass is 645 g/mol. The number of hydrogen-bond donors (Lipinski definition) is 0. The highest BCUT2D eigenvalue weighted by atomic mass is 32.2. The number of aromatic nitrogens is 1. The third-order valence-electron chi connectivity index (χ3n) is 9.53. The minimum atomic E-state index is -3.89. The number of nitrogens with zero attached hydrogens (tertiary/aromatic N) is 3. The Morgan fingerprint density at radius 2 is 1.64 bits per heavy atom. The van der Waals surface area contributed by atoms with Crippen LogP contribution in [0.3, 0.4) is 0 Å². The van der Waals surface area contributed by atoms with Gasteiger partial charge in [-0.3, -0.25) is 0 Å². The second-order valence-electron chi connectivity index (χ2n) is 12.1. The van der Waals surface area contributed by atoms with Crippen LogP contribution in [0.4, 0.5) is 5.69 Å². The Labute approximate surface area is 261 Å². The summed E-state index contributed by atoms with van der Waals surface area (Å²) < 4.78 is 65.9. The summed E-state index contributed by atoms with van der Waals surface area (Å²) in [7, 11) is -6.21. The standard InChI is InChI=1S/C33H31N3O5S3/c1-20-4-10-25(11-5-20)43(37,38)34-29-16-23-8-9-24-18-33(23,42-29)27-17-28(41-3)32-30-22(14-15-35(24)31(27)30)19-36(32)44(39,40)26-12-6-21(2)7-13-26/h4-7,10-13,16-17,19,24H,8-9,14-15,18H2,1-3H3/b34-29+/t24-,33+/m0/s1. The first-order valence-corrected chi connectivity index (χ1v) is 18.4. The molecule has 1 saturated carbocycles. The van der Waals surface area contributed by atoms with Crippen LogP contribution in [-0.4, -0.2) is 45.5 Å². The molecule has 1 fully saturated rings. The van der Waals surface area contributed by atoms with Crippen LogP contribution in [0.1, 0.15) is 41.5 Å². The fraction of sp³-hybridized carbons (Fsp3) is 0.303. The van der Waals surface area contributed by atoms with E-state index < -0.39 is 24.8 Å². The predicted octanol–water partition coefficient (Wildman–Crippen LogP) is 6.09. The van der Waals surface area contributed by atoms with Crippen LogP contribution in [0.5, 0.6) is 5.75 Å². The molecule has 1 aromatic heterocycles. The van der Waals surface area contributed by atoms with E-state index in [0.29, 0.717) is 16.3 Å². The third-order valence-corrected chi connectivity index (χ3v) is 14.0. The van der Waals surface area contributed by atoms with Crippen molar-refractivity contribution in [2.75, 3.05) is 18.6 Å². The van der Waals surface area contributed by atoms with Gasteiger partial charge in [-0.1, -0.05) is 47.2 Å². The van der Waals surface area contributed by atoms with Gasteiger partial charge in [-0.15, -0.1) is 0 Å². The number of benzene rings is 3. The van der Waals surface area contributed by atoms with E-state index in [9.17, 15) is 16.8 Å². The van der Waals surface area contributed by atoms with Crippen LogP contribution in [0.25, 0.3) is 10.9 Å². The molecule has 11 heteroatoms. The summed E-state index contributed by atoms with van der Waals surface area (Å²) in [6, 6.07) is 15.9. The van der Waals surface area contributed by atoms with E-state index in [-0.39, 0.29) is 15.8 Å². The van der Waals surface area contributed by atoms with Gasteiger partial charge < -0.3 is 9.64 Å². The fourth-order valence-electron chi connectivity index (χ4n) is 7.39. The van der Waals surface area contributed by atoms with E-state index in [1.807, 2.05) is 38.1 Å². The summed E-state index contributed by atoms with van der Waals surface area (Å²) in [5, 5.41) is 1.39. The highest BCUT2D eigenvalue weighted by Crippen LogP contribution is 2.64. The number of rotatable bonds is 5. The summed E-state index contributed by atoms with van der Waals surface area (Å²) in [6.45, 7) is 4.64. The molecule has 0 amide bonds. The van der Waals surface area contributed by atoms with Crippen molar-refractivity contribution in [1.82, 2.24) is 3.97 Å². The first-order valence-electron chi connectivity index (χ1n) is 14.7. The molecule has 4 aromatic rings. The molecule has 2 bridgehead atoms. The van der Waals surface area contributed by atoms with E-state index in [1.165, 1.54) is 15.7 Å². The van der Waals surface area contributed by atoms with Crippen LogP contribution in [0.15, 0.2) is 86.6 Å². The number of hydrogen-bond acceptors (Lipinski definition) is 7. The molecular formula is C33H31N3O5S3. The smallest absolute Gasteiger partial charge is 0.283 e. The van der Waals surface area contributed by atoms with E-state index in [1.54, 1.807) is 49.7 Å². The van der Waals surface area contributed by atoms with Gasteiger partial charge in [0.15, 0.2) is 0 Å². The van der Waals surface area contributed by atoms with Gasteiger partial charge in [0.25, 0.3) is 20.0 Å². The number of anilines is 1. The number of aryl methyl sites for hydroxylation is 2. The Bertz CT molecular complexity index is 2170. The zero-order valence-electron chi connectivity index (χ0n) is 24.6. The van der Waals surface area contributed by atoms with Crippen molar-refractivity contribution in [2.45, 2.75) is 60.1 Å². The molecule has 0 saturated heterocycles. The van der Waals surface area contributed by atoms with Crippen LogP contribution < -0.4 is 9.64 Å². The summed E-state index contributed by atoms with van der Waals surface area (Å²) in [6.07, 6.45) is 7.06. The number of fused-ring (bicyclic) bond motifs is 2. The molecule has 226 valence electrons. The third kappa shape index (κ3) is 3.91. The number of ether oxygens (including phenoxy) is 1. The predicted molar refractivity (Wildman–Crippen MR) is 174 cm³/mol. The van der Waals surface area contributed by atoms with Crippen molar-refractivity contribution >= 4 is 53.4 Å². The SMILES string of the molecule is COc1cc2c3c4c(cn(S(=O)(=O)c5ccc(C)cc5)c14)CCN3[C@H]1CCC3=C/C(=N\S(=O)(=O)c4ccc(C)cc4)S[C@]32C1. The minimum Gasteiger partial charge on any atom is -0.494 e. The maximum Gasteiger partial charge on any atom is 0.283 e. The lowest BCUT2D eigenvalue weighted by Gasteiger charge is -2.52. The van der Waals surface area contributed by atoms with E-state index in [4.69, 9.17) is 4.74 Å². The Hall–Kier alpha value is -3.54. The molecule has 1 spiro atoms. The maximum absolute atomic E-state index is 14.0. The molecule has 1 aliphatic carbocycles. The van der Waals surface area contributed by atoms with Crippen LogP contribution in [0, 0.1) is 13.8 Å². The number of methoxy groups -OCH3 is 1. The van der Waals surface area contributed by atoms with Crippen molar-refractivity contribution in [3.63, 3.8) is 0 Å². The average molecular weight is 646 g/mol. The van der Waals surface area contributed by atoms with Gasteiger partial charge in [-0.05, 0) is 87.1 Å². The molecule has 4 aliphatic rings. The lowest BCUT2D eigenvalue weighted by Crippen LogP contribution is -2.50. The molecule has 8 nitrogen and oxygen atoms in total. The fourth-order valence-corrected chi connectivity index (χ4v) is 11.5. The summed E-state index contributed by atoms with van der Waals surface area (Å²) >= 11 is 1.51. The summed E-state index contributed by atoms with van der Waals surface area (Å²) in [5.41, 5.74) is 6.73. The second kappa shape index (κ2) is 9.48. The second-order valence-corrected chi connectivity index (χ2v) is 16.9. The van der Waals surface area contributed by atoms with Gasteiger partial charge in [-0.25, -0.2) is 12.4 Å².